The first-order chi connectivity index (χ1) is 15.1. The highest BCUT2D eigenvalue weighted by Crippen LogP contribution is 2.31. The largest absolute Gasteiger partial charge is 0.378 e. The van der Waals surface area contributed by atoms with Crippen LogP contribution >= 0.6 is 23.1 Å². The summed E-state index contributed by atoms with van der Waals surface area (Å²) < 4.78 is 21.1. The van der Waals surface area contributed by atoms with E-state index in [0.29, 0.717) is 53.7 Å². The lowest BCUT2D eigenvalue weighted by molar-refractivity contribution is -0.115. The molecule has 1 aliphatic heterocycles. The van der Waals surface area contributed by atoms with Gasteiger partial charge >= 0.3 is 0 Å². The number of rotatable bonds is 6. The molecule has 0 bridgehead atoms. The van der Waals surface area contributed by atoms with E-state index in [-0.39, 0.29) is 11.7 Å². The molecule has 3 heterocycles. The van der Waals surface area contributed by atoms with Crippen molar-refractivity contribution in [1.29, 1.82) is 5.26 Å². The zero-order valence-corrected chi connectivity index (χ0v) is 18.2. The molecule has 1 amide bonds. The van der Waals surface area contributed by atoms with E-state index >= 15 is 0 Å². The number of thiophene rings is 1. The van der Waals surface area contributed by atoms with E-state index < -0.39 is 5.25 Å². The smallest absolute Gasteiger partial charge is 0.238 e. The van der Waals surface area contributed by atoms with Gasteiger partial charge in [0.1, 0.15) is 16.9 Å². The minimum Gasteiger partial charge on any atom is -0.378 e. The molecule has 11 heteroatoms. The van der Waals surface area contributed by atoms with Crippen molar-refractivity contribution in [2.45, 2.75) is 17.3 Å². The lowest BCUT2D eigenvalue weighted by Crippen LogP contribution is -2.38. The van der Waals surface area contributed by atoms with Crippen LogP contribution in [0.2, 0.25) is 0 Å². The van der Waals surface area contributed by atoms with Crippen LogP contribution in [0.25, 0.3) is 5.69 Å². The van der Waals surface area contributed by atoms with Gasteiger partial charge in [0.25, 0.3) is 0 Å². The average Bonchev–Trinajstić information content (AvgIpc) is 3.41. The van der Waals surface area contributed by atoms with Gasteiger partial charge in [0.2, 0.25) is 11.9 Å². The molecule has 1 unspecified atom stereocenters. The average molecular weight is 459 g/mol. The van der Waals surface area contributed by atoms with E-state index in [2.05, 4.69) is 21.6 Å². The van der Waals surface area contributed by atoms with Crippen molar-refractivity contribution < 1.29 is 13.9 Å². The molecule has 3 aromatic rings. The Hall–Kier alpha value is -2.94. The van der Waals surface area contributed by atoms with Crippen molar-refractivity contribution in [3.05, 3.63) is 47.1 Å². The van der Waals surface area contributed by atoms with Crippen LogP contribution in [0.5, 0.6) is 0 Å². The number of thioether (sulfide) groups is 1. The van der Waals surface area contributed by atoms with E-state index in [1.807, 2.05) is 4.90 Å². The number of hydrogen-bond acceptors (Lipinski definition) is 8. The number of morpholine rings is 1. The number of nitrogens with zero attached hydrogens (tertiary/aromatic N) is 5. The Bertz CT molecular complexity index is 1120. The van der Waals surface area contributed by atoms with Crippen molar-refractivity contribution >= 4 is 40.0 Å². The van der Waals surface area contributed by atoms with Crippen LogP contribution in [-0.4, -0.2) is 52.2 Å². The Morgan fingerprint density at radius 3 is 2.90 bits per heavy atom. The van der Waals surface area contributed by atoms with Gasteiger partial charge in [-0.05, 0) is 36.6 Å². The van der Waals surface area contributed by atoms with Crippen LogP contribution in [0.3, 0.4) is 0 Å². The quantitative estimate of drug-likeness (QED) is 0.566. The third kappa shape index (κ3) is 4.71. The topological polar surface area (TPSA) is 96.1 Å². The highest BCUT2D eigenvalue weighted by atomic mass is 32.2. The fourth-order valence-electron chi connectivity index (χ4n) is 3.07. The third-order valence-corrected chi connectivity index (χ3v) is 6.52. The molecule has 1 aliphatic rings. The number of carbonyl (C=O) groups is 1. The van der Waals surface area contributed by atoms with Gasteiger partial charge in [-0.3, -0.25) is 9.36 Å². The summed E-state index contributed by atoms with van der Waals surface area (Å²) in [4.78, 5) is 14.7. The fourth-order valence-corrected chi connectivity index (χ4v) is 4.67. The van der Waals surface area contributed by atoms with E-state index in [4.69, 9.17) is 10.00 Å². The molecule has 0 aliphatic carbocycles. The summed E-state index contributed by atoms with van der Waals surface area (Å²) in [5, 5.41) is 22.8. The predicted octanol–water partition coefficient (Wildman–Crippen LogP) is 3.30. The van der Waals surface area contributed by atoms with Gasteiger partial charge in [-0.15, -0.1) is 21.5 Å². The standard InChI is InChI=1S/C20H19FN6O2S2/c1-13(17(28)23-18-14(12-22)5-10-30-18)31-20-25-24-19(26-6-8-29-9-7-26)27(20)16-4-2-3-15(21)11-16/h2-5,10-11,13H,6-9H2,1H3,(H,23,28). The summed E-state index contributed by atoms with van der Waals surface area (Å²) >= 11 is 2.51. The van der Waals surface area contributed by atoms with E-state index in [1.54, 1.807) is 35.1 Å². The molecule has 4 rings (SSSR count). The molecular formula is C20H19FN6O2S2. The molecule has 1 fully saturated rings. The lowest BCUT2D eigenvalue weighted by Gasteiger charge is -2.28. The van der Waals surface area contributed by atoms with Crippen molar-refractivity contribution in [2.75, 3.05) is 36.5 Å². The van der Waals surface area contributed by atoms with Crippen LogP contribution in [0.15, 0.2) is 40.9 Å². The number of nitrogens with one attached hydrogen (secondary N) is 1. The second-order valence-corrected chi connectivity index (χ2v) is 8.95. The summed E-state index contributed by atoms with van der Waals surface area (Å²) in [6, 6.07) is 9.90. The maximum absolute atomic E-state index is 14.0. The molecule has 0 spiro atoms. The number of amides is 1. The molecule has 31 heavy (non-hydrogen) atoms. The lowest BCUT2D eigenvalue weighted by atomic mass is 10.3. The van der Waals surface area contributed by atoms with Gasteiger partial charge < -0.3 is 15.0 Å². The molecule has 0 saturated carbocycles. The van der Waals surface area contributed by atoms with Crippen LogP contribution in [0.4, 0.5) is 15.3 Å². The summed E-state index contributed by atoms with van der Waals surface area (Å²) in [7, 11) is 0. The Morgan fingerprint density at radius 1 is 1.35 bits per heavy atom. The molecule has 1 N–H and O–H groups in total. The Labute approximate surface area is 186 Å². The van der Waals surface area contributed by atoms with Crippen molar-refractivity contribution in [3.63, 3.8) is 0 Å². The molecule has 0 radical (unpaired) electrons. The second-order valence-electron chi connectivity index (χ2n) is 6.72. The number of carbonyl (C=O) groups excluding carboxylic acids is 1. The summed E-state index contributed by atoms with van der Waals surface area (Å²) in [5.74, 6) is -0.0534. The monoisotopic (exact) mass is 458 g/mol. The van der Waals surface area contributed by atoms with Gasteiger partial charge in [0.05, 0.1) is 29.7 Å². The number of halogens is 1. The zero-order chi connectivity index (χ0) is 21.8. The van der Waals surface area contributed by atoms with Crippen LogP contribution < -0.4 is 10.2 Å². The summed E-state index contributed by atoms with van der Waals surface area (Å²) in [6.45, 7) is 4.17. The molecule has 8 nitrogen and oxygen atoms in total. The molecule has 1 aromatic carbocycles. The molecule has 2 aromatic heterocycles. The molecule has 160 valence electrons. The second kappa shape index (κ2) is 9.47. The SMILES string of the molecule is CC(Sc1nnc(N2CCOCC2)n1-c1cccc(F)c1)C(=O)Nc1sccc1C#N. The number of ether oxygens (including phenoxy) is 1. The van der Waals surface area contributed by atoms with Gasteiger partial charge in [-0.25, -0.2) is 4.39 Å². The number of hydrogen-bond donors (Lipinski definition) is 1. The zero-order valence-electron chi connectivity index (χ0n) is 16.6. The van der Waals surface area contributed by atoms with Gasteiger partial charge in [-0.1, -0.05) is 17.8 Å². The number of benzene rings is 1. The van der Waals surface area contributed by atoms with E-state index in [9.17, 15) is 9.18 Å². The number of aromatic nitrogens is 3. The highest BCUT2D eigenvalue weighted by molar-refractivity contribution is 8.00. The number of nitriles is 1. The van der Waals surface area contributed by atoms with E-state index in [0.717, 1.165) is 0 Å². The molecular weight excluding hydrogens is 439 g/mol. The van der Waals surface area contributed by atoms with Crippen molar-refractivity contribution in [1.82, 2.24) is 14.8 Å². The summed E-state index contributed by atoms with van der Waals surface area (Å²) in [6.07, 6.45) is 0. The molecule has 1 atom stereocenters. The van der Waals surface area contributed by atoms with Crippen LogP contribution in [0.1, 0.15) is 12.5 Å². The summed E-state index contributed by atoms with van der Waals surface area (Å²) in [5.41, 5.74) is 1.000. The fraction of sp³-hybridized carbons (Fsp3) is 0.300. The molecule has 1 saturated heterocycles. The number of anilines is 2. The first-order valence-corrected chi connectivity index (χ1v) is 11.3. The van der Waals surface area contributed by atoms with Crippen LogP contribution in [0, 0.1) is 17.1 Å². The first kappa shape index (κ1) is 21.3. The Morgan fingerprint density at radius 2 is 2.16 bits per heavy atom. The predicted molar refractivity (Wildman–Crippen MR) is 117 cm³/mol. The third-order valence-electron chi connectivity index (χ3n) is 4.65. The normalized spacial score (nSPS) is 14.8. The maximum atomic E-state index is 14.0. The van der Waals surface area contributed by atoms with Crippen LogP contribution in [-0.2, 0) is 9.53 Å². The van der Waals surface area contributed by atoms with Gasteiger partial charge in [-0.2, -0.15) is 5.26 Å². The first-order valence-electron chi connectivity index (χ1n) is 9.56. The van der Waals surface area contributed by atoms with Gasteiger partial charge in [0.15, 0.2) is 5.16 Å². The Kier molecular flexibility index (Phi) is 6.50. The van der Waals surface area contributed by atoms with Crippen molar-refractivity contribution in [2.24, 2.45) is 0 Å². The van der Waals surface area contributed by atoms with Crippen molar-refractivity contribution in [3.8, 4) is 11.8 Å². The minimum atomic E-state index is -0.525. The highest BCUT2D eigenvalue weighted by Gasteiger charge is 2.25. The maximum Gasteiger partial charge on any atom is 0.238 e. The minimum absolute atomic E-state index is 0.259. The van der Waals surface area contributed by atoms with E-state index in [1.165, 1.54) is 35.2 Å². The Balaban J connectivity index is 1.61. The van der Waals surface area contributed by atoms with Gasteiger partial charge in [0, 0.05) is 13.1 Å².